The minimum Gasteiger partial charge on any atom is -0.309 e. The van der Waals surface area contributed by atoms with Crippen LogP contribution in [-0.2, 0) is 0 Å². The van der Waals surface area contributed by atoms with Crippen LogP contribution < -0.4 is 0 Å². The van der Waals surface area contributed by atoms with Crippen molar-refractivity contribution in [3.8, 4) is 39.6 Å². The Labute approximate surface area is 229 Å². The van der Waals surface area contributed by atoms with Gasteiger partial charge in [-0.25, -0.2) is 9.97 Å². The number of benzene rings is 5. The second-order valence-electron chi connectivity index (χ2n) is 9.26. The molecule has 7 aromatic rings. The zero-order valence-electron chi connectivity index (χ0n) is 20.4. The molecule has 0 radical (unpaired) electrons. The van der Waals surface area contributed by atoms with E-state index in [1.54, 1.807) is 0 Å². The second kappa shape index (κ2) is 9.40. The number of aromatic nitrogens is 3. The number of halogens is 1. The SMILES string of the molecule is Brc1cc(-c2cc(-c3ccccc3)nc(-c3ccccc3)n2)cc(-n2c3ccccc3c3ccccc32)c1. The molecule has 0 saturated heterocycles. The summed E-state index contributed by atoms with van der Waals surface area (Å²) in [6.45, 7) is 0. The molecule has 0 amide bonds. The van der Waals surface area contributed by atoms with Crippen molar-refractivity contribution in [2.24, 2.45) is 0 Å². The molecule has 38 heavy (non-hydrogen) atoms. The van der Waals surface area contributed by atoms with Gasteiger partial charge in [-0.3, -0.25) is 0 Å². The Morgan fingerprint density at radius 1 is 0.474 bits per heavy atom. The Morgan fingerprint density at radius 3 is 1.63 bits per heavy atom. The summed E-state index contributed by atoms with van der Waals surface area (Å²) in [4.78, 5) is 9.99. The summed E-state index contributed by atoms with van der Waals surface area (Å²) >= 11 is 3.79. The zero-order valence-corrected chi connectivity index (χ0v) is 22.0. The van der Waals surface area contributed by atoms with Gasteiger partial charge in [0, 0.05) is 37.6 Å². The average Bonchev–Trinajstić information content (AvgIpc) is 3.32. The predicted octanol–water partition coefficient (Wildman–Crippen LogP) is 9.34. The van der Waals surface area contributed by atoms with Crippen molar-refractivity contribution >= 4 is 37.7 Å². The summed E-state index contributed by atoms with van der Waals surface area (Å²) in [5.41, 5.74) is 8.27. The molecule has 5 aromatic carbocycles. The van der Waals surface area contributed by atoms with Crippen molar-refractivity contribution in [1.82, 2.24) is 14.5 Å². The topological polar surface area (TPSA) is 30.7 Å². The lowest BCUT2D eigenvalue weighted by Crippen LogP contribution is -1.98. The van der Waals surface area contributed by atoms with Gasteiger partial charge in [-0.15, -0.1) is 0 Å². The van der Waals surface area contributed by atoms with E-state index in [4.69, 9.17) is 9.97 Å². The predicted molar refractivity (Wildman–Crippen MR) is 160 cm³/mol. The van der Waals surface area contributed by atoms with Crippen LogP contribution in [0.4, 0.5) is 0 Å². The molecule has 0 aliphatic carbocycles. The number of hydrogen-bond acceptors (Lipinski definition) is 2. The lowest BCUT2D eigenvalue weighted by molar-refractivity contribution is 1.16. The highest BCUT2D eigenvalue weighted by Gasteiger charge is 2.15. The molecule has 2 aromatic heterocycles. The van der Waals surface area contributed by atoms with Crippen LogP contribution >= 0.6 is 15.9 Å². The third-order valence-electron chi connectivity index (χ3n) is 6.84. The molecule has 0 N–H and O–H groups in total. The first kappa shape index (κ1) is 22.6. The Balaban J connectivity index is 1.46. The van der Waals surface area contributed by atoms with Crippen LogP contribution in [0, 0.1) is 0 Å². The van der Waals surface area contributed by atoms with Crippen molar-refractivity contribution < 1.29 is 0 Å². The standard InChI is InChI=1S/C34H22BrN3/c35-26-19-25(20-27(21-26)38-32-17-9-7-15-28(32)29-16-8-10-18-33(29)38)31-22-30(23-11-3-1-4-12-23)36-34(37-31)24-13-5-2-6-14-24/h1-22H. The lowest BCUT2D eigenvalue weighted by atomic mass is 10.1. The van der Waals surface area contributed by atoms with E-state index >= 15 is 0 Å². The highest BCUT2D eigenvalue weighted by Crippen LogP contribution is 2.35. The van der Waals surface area contributed by atoms with Crippen LogP contribution in [-0.4, -0.2) is 14.5 Å². The first-order valence-electron chi connectivity index (χ1n) is 12.5. The summed E-state index contributed by atoms with van der Waals surface area (Å²) in [5, 5.41) is 2.48. The van der Waals surface area contributed by atoms with Crippen LogP contribution in [0.2, 0.25) is 0 Å². The van der Waals surface area contributed by atoms with Gasteiger partial charge in [0.15, 0.2) is 5.82 Å². The quantitative estimate of drug-likeness (QED) is 0.218. The summed E-state index contributed by atoms with van der Waals surface area (Å²) < 4.78 is 3.32. The molecule has 3 nitrogen and oxygen atoms in total. The van der Waals surface area contributed by atoms with E-state index in [2.05, 4.69) is 118 Å². The van der Waals surface area contributed by atoms with Gasteiger partial charge >= 0.3 is 0 Å². The Hall–Kier alpha value is -4.54. The van der Waals surface area contributed by atoms with E-state index in [0.717, 1.165) is 38.2 Å². The molecule has 0 aliphatic heterocycles. The van der Waals surface area contributed by atoms with Crippen LogP contribution in [0.5, 0.6) is 0 Å². The third-order valence-corrected chi connectivity index (χ3v) is 7.30. The summed E-state index contributed by atoms with van der Waals surface area (Å²) in [6.07, 6.45) is 0. The van der Waals surface area contributed by atoms with Crippen molar-refractivity contribution in [3.05, 3.63) is 138 Å². The van der Waals surface area contributed by atoms with Gasteiger partial charge in [-0.05, 0) is 36.4 Å². The summed E-state index contributed by atoms with van der Waals surface area (Å²) in [5.74, 6) is 0.709. The van der Waals surface area contributed by atoms with E-state index in [1.165, 1.54) is 21.8 Å². The van der Waals surface area contributed by atoms with Gasteiger partial charge < -0.3 is 4.57 Å². The van der Waals surface area contributed by atoms with E-state index in [0.29, 0.717) is 5.82 Å². The molecular weight excluding hydrogens is 530 g/mol. The fourth-order valence-electron chi connectivity index (χ4n) is 5.12. The van der Waals surface area contributed by atoms with Gasteiger partial charge in [0.25, 0.3) is 0 Å². The number of nitrogens with zero attached hydrogens (tertiary/aromatic N) is 3. The van der Waals surface area contributed by atoms with Gasteiger partial charge in [0.05, 0.1) is 22.4 Å². The number of fused-ring (bicyclic) bond motifs is 3. The van der Waals surface area contributed by atoms with Crippen molar-refractivity contribution in [3.63, 3.8) is 0 Å². The minimum absolute atomic E-state index is 0.709. The number of rotatable bonds is 4. The Bertz CT molecular complexity index is 1810. The zero-order chi connectivity index (χ0) is 25.5. The van der Waals surface area contributed by atoms with Crippen molar-refractivity contribution in [1.29, 1.82) is 0 Å². The summed E-state index contributed by atoms with van der Waals surface area (Å²) in [6, 6.07) is 46.2. The van der Waals surface area contributed by atoms with Crippen LogP contribution in [0.1, 0.15) is 0 Å². The molecular formula is C34H22BrN3. The fourth-order valence-corrected chi connectivity index (χ4v) is 5.60. The highest BCUT2D eigenvalue weighted by atomic mass is 79.9. The molecule has 0 unspecified atom stereocenters. The summed E-state index contributed by atoms with van der Waals surface area (Å²) in [7, 11) is 0. The van der Waals surface area contributed by atoms with Gasteiger partial charge in [0.2, 0.25) is 0 Å². The third kappa shape index (κ3) is 4.00. The van der Waals surface area contributed by atoms with E-state index in [9.17, 15) is 0 Å². The van der Waals surface area contributed by atoms with Crippen molar-refractivity contribution in [2.45, 2.75) is 0 Å². The second-order valence-corrected chi connectivity index (χ2v) is 10.2. The van der Waals surface area contributed by atoms with Crippen LogP contribution in [0.3, 0.4) is 0 Å². The first-order chi connectivity index (χ1) is 18.7. The molecule has 180 valence electrons. The molecule has 0 spiro atoms. The van der Waals surface area contributed by atoms with Crippen molar-refractivity contribution in [2.75, 3.05) is 0 Å². The van der Waals surface area contributed by atoms with E-state index in [1.807, 2.05) is 36.4 Å². The van der Waals surface area contributed by atoms with Gasteiger partial charge in [0.1, 0.15) is 0 Å². The normalized spacial score (nSPS) is 11.3. The lowest BCUT2D eigenvalue weighted by Gasteiger charge is -2.13. The fraction of sp³-hybridized carbons (Fsp3) is 0. The molecule has 2 heterocycles. The van der Waals surface area contributed by atoms with Crippen LogP contribution in [0.25, 0.3) is 61.4 Å². The smallest absolute Gasteiger partial charge is 0.160 e. The molecule has 4 heteroatoms. The van der Waals surface area contributed by atoms with Gasteiger partial charge in [-0.2, -0.15) is 0 Å². The molecule has 7 rings (SSSR count). The maximum Gasteiger partial charge on any atom is 0.160 e. The minimum atomic E-state index is 0.709. The Kier molecular flexibility index (Phi) is 5.60. The monoisotopic (exact) mass is 551 g/mol. The Morgan fingerprint density at radius 2 is 1.00 bits per heavy atom. The maximum absolute atomic E-state index is 5.05. The molecule has 0 bridgehead atoms. The average molecular weight is 552 g/mol. The van der Waals surface area contributed by atoms with E-state index < -0.39 is 0 Å². The number of para-hydroxylation sites is 2. The molecule has 0 aliphatic rings. The number of hydrogen-bond donors (Lipinski definition) is 0. The molecule has 0 atom stereocenters. The molecule has 0 fully saturated rings. The largest absolute Gasteiger partial charge is 0.309 e. The van der Waals surface area contributed by atoms with Crippen LogP contribution in [0.15, 0.2) is 138 Å². The molecule has 0 saturated carbocycles. The highest BCUT2D eigenvalue weighted by molar-refractivity contribution is 9.10. The maximum atomic E-state index is 5.05. The first-order valence-corrected chi connectivity index (χ1v) is 13.3. The van der Waals surface area contributed by atoms with E-state index in [-0.39, 0.29) is 0 Å². The van der Waals surface area contributed by atoms with Gasteiger partial charge in [-0.1, -0.05) is 113 Å².